The summed E-state index contributed by atoms with van der Waals surface area (Å²) in [5.41, 5.74) is 2.55. The molecule has 0 aliphatic carbocycles. The van der Waals surface area contributed by atoms with Crippen molar-refractivity contribution in [1.29, 1.82) is 0 Å². The van der Waals surface area contributed by atoms with Crippen LogP contribution < -0.4 is 10.6 Å². The van der Waals surface area contributed by atoms with Gasteiger partial charge in [-0.05, 0) is 55.4 Å². The molecule has 6 nitrogen and oxygen atoms in total. The van der Waals surface area contributed by atoms with Gasteiger partial charge in [-0.3, -0.25) is 9.98 Å². The predicted octanol–water partition coefficient (Wildman–Crippen LogP) is 4.53. The molecular formula is C20H36N6NiS2. The van der Waals surface area contributed by atoms with Crippen molar-refractivity contribution in [3.8, 4) is 0 Å². The van der Waals surface area contributed by atoms with Crippen LogP contribution in [0.5, 0.6) is 0 Å². The zero-order chi connectivity index (χ0) is 22.4. The van der Waals surface area contributed by atoms with Crippen LogP contribution in [0, 0.1) is 0 Å². The molecule has 0 saturated heterocycles. The average Bonchev–Trinajstić information content (AvgIpc) is 2.51. The summed E-state index contributed by atoms with van der Waals surface area (Å²) in [5, 5.41) is 24.2. The Bertz CT molecular complexity index is 538. The third kappa shape index (κ3) is 20.4. The van der Waals surface area contributed by atoms with Crippen LogP contribution in [0.1, 0.15) is 68.2 Å². The average molecular weight is 483 g/mol. The minimum absolute atomic E-state index is 0. The first kappa shape index (κ1) is 33.0. The Labute approximate surface area is 198 Å². The number of nitrogens with zero attached hydrogens (tertiary/aromatic N) is 4. The fraction of sp³-hybridized carbons (Fsp3) is 0.800. The molecule has 1 aliphatic heterocycles. The molecule has 0 aromatic heterocycles. The van der Waals surface area contributed by atoms with E-state index in [0.717, 1.165) is 25.9 Å². The quantitative estimate of drug-likeness (QED) is 0.301. The van der Waals surface area contributed by atoms with Crippen molar-refractivity contribution in [2.24, 2.45) is 9.98 Å². The van der Waals surface area contributed by atoms with Gasteiger partial charge in [-0.1, -0.05) is 24.4 Å². The van der Waals surface area contributed by atoms with E-state index < -0.39 is 0 Å². The largest absolute Gasteiger partial charge is 2.00 e. The van der Waals surface area contributed by atoms with Crippen LogP contribution in [-0.4, -0.2) is 58.0 Å². The fourth-order valence-corrected chi connectivity index (χ4v) is 3.19. The summed E-state index contributed by atoms with van der Waals surface area (Å²) >= 11 is 7.40. The number of nitrogens with one attached hydrogen (secondary N) is 2. The Morgan fingerprint density at radius 3 is 1.31 bits per heavy atom. The fourth-order valence-electron chi connectivity index (χ4n) is 3.19. The van der Waals surface area contributed by atoms with Crippen molar-refractivity contribution in [3.05, 3.63) is 10.8 Å². The molecule has 1 aliphatic rings. The third-order valence-electron chi connectivity index (χ3n) is 4.03. The summed E-state index contributed by atoms with van der Waals surface area (Å²) in [6.45, 7) is 19.4. The number of hydrogen-bond donors (Lipinski definition) is 2. The van der Waals surface area contributed by atoms with E-state index in [1.54, 1.807) is 0 Å². The second-order valence-corrected chi connectivity index (χ2v) is 8.86. The minimum Gasteiger partial charge on any atom is -0.753 e. The van der Waals surface area contributed by atoms with Crippen molar-refractivity contribution in [3.63, 3.8) is 0 Å². The van der Waals surface area contributed by atoms with Crippen LogP contribution in [0.2, 0.25) is 0 Å². The smallest absolute Gasteiger partial charge is 0.753 e. The molecule has 29 heavy (non-hydrogen) atoms. The van der Waals surface area contributed by atoms with Gasteiger partial charge in [-0.15, -0.1) is 0 Å². The van der Waals surface area contributed by atoms with Gasteiger partial charge in [0, 0.05) is 48.4 Å². The Morgan fingerprint density at radius 2 is 1.07 bits per heavy atom. The number of aliphatic imine (C=N–C) groups is 2. The summed E-state index contributed by atoms with van der Waals surface area (Å²) in [6.07, 6.45) is 1.94. The summed E-state index contributed by atoms with van der Waals surface area (Å²) in [5.74, 6) is 0. The third-order valence-corrected chi connectivity index (χ3v) is 4.03. The molecule has 0 radical (unpaired) electrons. The van der Waals surface area contributed by atoms with E-state index >= 15 is 0 Å². The predicted molar refractivity (Wildman–Crippen MR) is 130 cm³/mol. The molecule has 1 heterocycles. The van der Waals surface area contributed by atoms with Crippen LogP contribution in [-0.2, 0) is 16.5 Å². The topological polar surface area (TPSA) is 93.4 Å². The van der Waals surface area contributed by atoms with Crippen LogP contribution in [0.25, 0.3) is 10.8 Å². The Hall–Kier alpha value is -0.646. The van der Waals surface area contributed by atoms with E-state index in [4.69, 9.17) is 20.8 Å². The van der Waals surface area contributed by atoms with Crippen LogP contribution in [0.3, 0.4) is 0 Å². The Balaban J connectivity index is -0.000000857. The first-order chi connectivity index (χ1) is 12.8. The summed E-state index contributed by atoms with van der Waals surface area (Å²) in [4.78, 5) is 9.70. The molecule has 0 bridgehead atoms. The maximum atomic E-state index is 7.13. The zero-order valence-corrected chi connectivity index (χ0v) is 21.5. The van der Waals surface area contributed by atoms with Crippen LogP contribution in [0.4, 0.5) is 0 Å². The monoisotopic (exact) mass is 482 g/mol. The molecule has 1 rings (SSSR count). The van der Waals surface area contributed by atoms with E-state index in [2.05, 4.69) is 90.5 Å². The van der Waals surface area contributed by atoms with Gasteiger partial charge >= 0.3 is 16.5 Å². The number of hydrogen-bond acceptors (Lipinski definition) is 6. The second kappa shape index (κ2) is 17.1. The van der Waals surface area contributed by atoms with Crippen LogP contribution >= 0.6 is 24.4 Å². The van der Waals surface area contributed by atoms with Gasteiger partial charge in [0.2, 0.25) is 0 Å². The zero-order valence-electron chi connectivity index (χ0n) is 18.9. The van der Waals surface area contributed by atoms with Gasteiger partial charge in [0.25, 0.3) is 0 Å². The summed E-state index contributed by atoms with van der Waals surface area (Å²) in [6, 6.07) is 0.600. The molecule has 2 atom stereocenters. The van der Waals surface area contributed by atoms with Gasteiger partial charge < -0.3 is 21.5 Å². The number of rotatable bonds is 0. The van der Waals surface area contributed by atoms with E-state index in [-0.39, 0.29) is 27.6 Å². The molecule has 0 aromatic rings. The van der Waals surface area contributed by atoms with Gasteiger partial charge in [0.05, 0.1) is 12.1 Å². The van der Waals surface area contributed by atoms with Crippen LogP contribution in [0.15, 0.2) is 9.98 Å². The van der Waals surface area contributed by atoms with Crippen molar-refractivity contribution in [2.75, 3.05) is 13.1 Å². The van der Waals surface area contributed by atoms with Gasteiger partial charge in [-0.25, -0.2) is 0 Å². The van der Waals surface area contributed by atoms with E-state index in [9.17, 15) is 0 Å². The van der Waals surface area contributed by atoms with Gasteiger partial charge in [0.1, 0.15) is 0 Å². The normalized spacial score (nSPS) is 24.0. The molecule has 9 heteroatoms. The second-order valence-electron chi connectivity index (χ2n) is 8.49. The van der Waals surface area contributed by atoms with Crippen molar-refractivity contribution in [2.45, 2.75) is 91.4 Å². The SMILES string of the molecule is CC1=N[C@H](C)CNC(C)(C)CC(C)=N[C@@H](C)CNC(C)(C)C1.[N-]=C=S.[N-]=C=S.[Ni+2]. The molecule has 0 spiro atoms. The van der Waals surface area contributed by atoms with Crippen molar-refractivity contribution < 1.29 is 16.5 Å². The minimum atomic E-state index is 0. The Morgan fingerprint density at radius 1 is 0.828 bits per heavy atom. The number of thiocarbonyl (C=S) groups is 2. The standard InChI is InChI=1S/C18H36N4.2CNS.Ni/c1-13-9-17(5,6)19-12-16(4)22-14(2)10-18(7,8)20-11-15(3)21-13;2*2-1-3;/h15-16,19-20H,9-12H2,1-8H3;;;/q;2*-1;+2/t15-,16+;;;. The molecule has 168 valence electrons. The van der Waals surface area contributed by atoms with Crippen molar-refractivity contribution in [1.82, 2.24) is 10.6 Å². The molecular weight excluding hydrogens is 447 g/mol. The van der Waals surface area contributed by atoms with E-state index in [0.29, 0.717) is 12.1 Å². The van der Waals surface area contributed by atoms with E-state index in [1.165, 1.54) is 21.7 Å². The maximum Gasteiger partial charge on any atom is 2.00 e. The first-order valence-electron chi connectivity index (χ1n) is 9.41. The Kier molecular flexibility index (Phi) is 19.4. The molecule has 0 amide bonds. The molecule has 2 N–H and O–H groups in total. The molecule has 0 aromatic carbocycles. The summed E-state index contributed by atoms with van der Waals surface area (Å²) < 4.78 is 0. The number of isothiocyanates is 2. The first-order valence-corrected chi connectivity index (χ1v) is 10.2. The van der Waals surface area contributed by atoms with Crippen molar-refractivity contribution >= 4 is 46.2 Å². The molecule has 0 unspecified atom stereocenters. The molecule has 0 saturated carbocycles. The maximum absolute atomic E-state index is 7.13. The van der Waals surface area contributed by atoms with Gasteiger partial charge in [0.15, 0.2) is 0 Å². The van der Waals surface area contributed by atoms with Gasteiger partial charge in [-0.2, -0.15) is 10.3 Å². The molecule has 0 fully saturated rings. The van der Waals surface area contributed by atoms with E-state index in [1.807, 2.05) is 0 Å². The summed E-state index contributed by atoms with van der Waals surface area (Å²) in [7, 11) is 0.